The van der Waals surface area contributed by atoms with Gasteiger partial charge in [-0.25, -0.2) is 0 Å². The summed E-state index contributed by atoms with van der Waals surface area (Å²) < 4.78 is 10.2. The SMILES string of the molecule is COc1cncc(OCCN)c1. The molecular weight excluding hydrogens is 156 g/mol. The van der Waals surface area contributed by atoms with Gasteiger partial charge in [-0.2, -0.15) is 0 Å². The molecule has 1 aromatic heterocycles. The molecule has 0 bridgehead atoms. The molecule has 0 aliphatic heterocycles. The van der Waals surface area contributed by atoms with E-state index >= 15 is 0 Å². The second-order valence-electron chi connectivity index (χ2n) is 2.20. The average molecular weight is 168 g/mol. The summed E-state index contributed by atoms with van der Waals surface area (Å²) >= 11 is 0. The Balaban J connectivity index is 2.60. The number of hydrogen-bond acceptors (Lipinski definition) is 4. The molecule has 66 valence electrons. The highest BCUT2D eigenvalue weighted by molar-refractivity contribution is 5.27. The van der Waals surface area contributed by atoms with E-state index in [2.05, 4.69) is 4.98 Å². The fourth-order valence-corrected chi connectivity index (χ4v) is 0.766. The van der Waals surface area contributed by atoms with Gasteiger partial charge in [0, 0.05) is 12.6 Å². The molecule has 0 radical (unpaired) electrons. The molecule has 0 atom stereocenters. The van der Waals surface area contributed by atoms with Crippen LogP contribution in [0, 0.1) is 0 Å². The fraction of sp³-hybridized carbons (Fsp3) is 0.375. The molecule has 2 N–H and O–H groups in total. The molecule has 0 unspecified atom stereocenters. The van der Waals surface area contributed by atoms with Gasteiger partial charge in [0.25, 0.3) is 0 Å². The molecule has 0 aliphatic carbocycles. The lowest BCUT2D eigenvalue weighted by molar-refractivity contribution is 0.323. The minimum Gasteiger partial charge on any atom is -0.495 e. The molecule has 1 rings (SSSR count). The lowest BCUT2D eigenvalue weighted by atomic mass is 10.4. The highest BCUT2D eigenvalue weighted by atomic mass is 16.5. The van der Waals surface area contributed by atoms with Gasteiger partial charge in [-0.05, 0) is 0 Å². The van der Waals surface area contributed by atoms with Crippen LogP contribution < -0.4 is 15.2 Å². The number of ether oxygens (including phenoxy) is 2. The molecule has 4 heteroatoms. The van der Waals surface area contributed by atoms with E-state index in [0.717, 1.165) is 0 Å². The van der Waals surface area contributed by atoms with Crippen molar-refractivity contribution >= 4 is 0 Å². The van der Waals surface area contributed by atoms with E-state index in [-0.39, 0.29) is 0 Å². The van der Waals surface area contributed by atoms with Crippen molar-refractivity contribution in [2.24, 2.45) is 5.73 Å². The first-order valence-corrected chi connectivity index (χ1v) is 3.68. The van der Waals surface area contributed by atoms with Gasteiger partial charge in [0.15, 0.2) is 0 Å². The summed E-state index contributed by atoms with van der Waals surface area (Å²) in [7, 11) is 1.59. The number of aromatic nitrogens is 1. The molecule has 0 aromatic carbocycles. The zero-order chi connectivity index (χ0) is 8.81. The summed E-state index contributed by atoms with van der Waals surface area (Å²) in [6.45, 7) is 0.992. The lowest BCUT2D eigenvalue weighted by Gasteiger charge is -2.04. The Kier molecular flexibility index (Phi) is 3.35. The van der Waals surface area contributed by atoms with Gasteiger partial charge in [0.05, 0.1) is 19.5 Å². The number of methoxy groups -OCH3 is 1. The Morgan fingerprint density at radius 2 is 2.17 bits per heavy atom. The quantitative estimate of drug-likeness (QED) is 0.708. The molecule has 1 aromatic rings. The van der Waals surface area contributed by atoms with Crippen LogP contribution >= 0.6 is 0 Å². The molecule has 4 nitrogen and oxygen atoms in total. The number of pyridine rings is 1. The minimum absolute atomic E-state index is 0.495. The summed E-state index contributed by atoms with van der Waals surface area (Å²) in [5, 5.41) is 0. The molecule has 12 heavy (non-hydrogen) atoms. The molecule has 0 saturated carbocycles. The normalized spacial score (nSPS) is 9.50. The third kappa shape index (κ3) is 2.39. The lowest BCUT2D eigenvalue weighted by Crippen LogP contribution is -2.10. The van der Waals surface area contributed by atoms with Gasteiger partial charge in [-0.15, -0.1) is 0 Å². The van der Waals surface area contributed by atoms with Crippen LogP contribution in [0.15, 0.2) is 18.5 Å². The van der Waals surface area contributed by atoms with E-state index in [4.69, 9.17) is 15.2 Å². The third-order valence-corrected chi connectivity index (χ3v) is 1.31. The second kappa shape index (κ2) is 4.56. The Morgan fingerprint density at radius 3 is 2.83 bits per heavy atom. The van der Waals surface area contributed by atoms with Gasteiger partial charge >= 0.3 is 0 Å². The molecule has 0 saturated heterocycles. The van der Waals surface area contributed by atoms with Crippen molar-refractivity contribution in [2.75, 3.05) is 20.3 Å². The van der Waals surface area contributed by atoms with Crippen LogP contribution in [0.2, 0.25) is 0 Å². The maximum absolute atomic E-state index is 5.27. The first-order valence-electron chi connectivity index (χ1n) is 3.68. The number of rotatable bonds is 4. The topological polar surface area (TPSA) is 57.4 Å². The molecule has 1 heterocycles. The predicted octanol–water partition coefficient (Wildman–Crippen LogP) is 0.428. The monoisotopic (exact) mass is 168 g/mol. The Labute approximate surface area is 71.3 Å². The molecule has 0 aliphatic rings. The predicted molar refractivity (Wildman–Crippen MR) is 45.3 cm³/mol. The average Bonchev–Trinajstić information content (AvgIpc) is 2.15. The van der Waals surface area contributed by atoms with Gasteiger partial charge in [0.1, 0.15) is 18.1 Å². The van der Waals surface area contributed by atoms with Gasteiger partial charge < -0.3 is 15.2 Å². The highest BCUT2D eigenvalue weighted by Gasteiger charge is 1.95. The van der Waals surface area contributed by atoms with E-state index < -0.39 is 0 Å². The van der Waals surface area contributed by atoms with E-state index in [1.807, 2.05) is 0 Å². The number of nitrogens with zero attached hydrogens (tertiary/aromatic N) is 1. The third-order valence-electron chi connectivity index (χ3n) is 1.31. The summed E-state index contributed by atoms with van der Waals surface area (Å²) in [5.41, 5.74) is 5.27. The van der Waals surface area contributed by atoms with Crippen molar-refractivity contribution in [3.8, 4) is 11.5 Å². The van der Waals surface area contributed by atoms with Crippen molar-refractivity contribution in [1.29, 1.82) is 0 Å². The number of nitrogens with two attached hydrogens (primary N) is 1. The number of hydrogen-bond donors (Lipinski definition) is 1. The summed E-state index contributed by atoms with van der Waals surface area (Å²) in [4.78, 5) is 3.92. The summed E-state index contributed by atoms with van der Waals surface area (Å²) in [6, 6.07) is 1.77. The van der Waals surface area contributed by atoms with Crippen molar-refractivity contribution in [3.05, 3.63) is 18.5 Å². The highest BCUT2D eigenvalue weighted by Crippen LogP contribution is 2.16. The van der Waals surface area contributed by atoms with Crippen molar-refractivity contribution in [3.63, 3.8) is 0 Å². The molecule has 0 spiro atoms. The van der Waals surface area contributed by atoms with Crippen molar-refractivity contribution < 1.29 is 9.47 Å². The van der Waals surface area contributed by atoms with E-state index in [1.165, 1.54) is 0 Å². The van der Waals surface area contributed by atoms with Crippen LogP contribution in [0.3, 0.4) is 0 Å². The zero-order valence-corrected chi connectivity index (χ0v) is 6.99. The maximum Gasteiger partial charge on any atom is 0.141 e. The van der Waals surface area contributed by atoms with E-state index in [0.29, 0.717) is 24.7 Å². The summed E-state index contributed by atoms with van der Waals surface area (Å²) in [6.07, 6.45) is 3.24. The maximum atomic E-state index is 5.27. The van der Waals surface area contributed by atoms with E-state index in [1.54, 1.807) is 25.6 Å². The smallest absolute Gasteiger partial charge is 0.141 e. The Bertz CT molecular complexity index is 240. The van der Waals surface area contributed by atoms with Crippen LogP contribution in [-0.2, 0) is 0 Å². The molecule has 0 fully saturated rings. The molecule has 0 amide bonds. The largest absolute Gasteiger partial charge is 0.495 e. The second-order valence-corrected chi connectivity index (χ2v) is 2.20. The standard InChI is InChI=1S/C8H12N2O2/c1-11-7-4-8(6-10-5-7)12-3-2-9/h4-6H,2-3,9H2,1H3. The van der Waals surface area contributed by atoms with Crippen LogP contribution in [0.5, 0.6) is 11.5 Å². The zero-order valence-electron chi connectivity index (χ0n) is 6.99. The fourth-order valence-electron chi connectivity index (χ4n) is 0.766. The van der Waals surface area contributed by atoms with E-state index in [9.17, 15) is 0 Å². The van der Waals surface area contributed by atoms with Gasteiger partial charge in [-0.1, -0.05) is 0 Å². The first-order chi connectivity index (χ1) is 5.86. The Hall–Kier alpha value is -1.29. The van der Waals surface area contributed by atoms with Gasteiger partial charge in [0.2, 0.25) is 0 Å². The van der Waals surface area contributed by atoms with Crippen LogP contribution in [0.1, 0.15) is 0 Å². The van der Waals surface area contributed by atoms with Crippen molar-refractivity contribution in [1.82, 2.24) is 4.98 Å². The van der Waals surface area contributed by atoms with Crippen molar-refractivity contribution in [2.45, 2.75) is 0 Å². The van der Waals surface area contributed by atoms with Gasteiger partial charge in [-0.3, -0.25) is 4.98 Å². The van der Waals surface area contributed by atoms with Crippen LogP contribution in [0.4, 0.5) is 0 Å². The first kappa shape index (κ1) is 8.80. The minimum atomic E-state index is 0.495. The van der Waals surface area contributed by atoms with Crippen LogP contribution in [0.25, 0.3) is 0 Å². The van der Waals surface area contributed by atoms with Crippen LogP contribution in [-0.4, -0.2) is 25.2 Å². The summed E-state index contributed by atoms with van der Waals surface area (Å²) in [5.74, 6) is 1.37. The molecular formula is C8H12N2O2. The Morgan fingerprint density at radius 1 is 1.42 bits per heavy atom.